The van der Waals surface area contributed by atoms with Crippen LogP contribution in [0.5, 0.6) is 0 Å². The maximum atomic E-state index is 10.5. The van der Waals surface area contributed by atoms with Crippen molar-refractivity contribution < 1.29 is 5.11 Å². The lowest BCUT2D eigenvalue weighted by molar-refractivity contribution is 0.149. The minimum Gasteiger partial charge on any atom is -0.391 e. The first-order valence-electron chi connectivity index (χ1n) is 9.37. The highest BCUT2D eigenvalue weighted by atomic mass is 32.2. The van der Waals surface area contributed by atoms with Gasteiger partial charge in [0, 0.05) is 42.8 Å². The molecule has 2 fully saturated rings. The highest BCUT2D eigenvalue weighted by Crippen LogP contribution is 2.36. The molecule has 3 N–H and O–H groups in total. The number of aliphatic hydroxyl groups excluding tert-OH is 1. The zero-order chi connectivity index (χ0) is 17.2. The first kappa shape index (κ1) is 17.2. The average molecular weight is 362 g/mol. The number of aliphatic hydroxyl groups is 1. The van der Waals surface area contributed by atoms with Gasteiger partial charge in [0.2, 0.25) is 0 Å². The van der Waals surface area contributed by atoms with Crippen LogP contribution < -0.4 is 5.73 Å². The van der Waals surface area contributed by atoms with Gasteiger partial charge in [-0.2, -0.15) is 11.8 Å². The number of aliphatic imine (C=N–C) groups is 1. The molecule has 3 atom stereocenters. The Bertz CT molecular complexity index is 634. The Morgan fingerprint density at radius 3 is 2.88 bits per heavy atom. The zero-order valence-corrected chi connectivity index (χ0v) is 15.4. The molecule has 0 bridgehead atoms. The third kappa shape index (κ3) is 3.83. The summed E-state index contributed by atoms with van der Waals surface area (Å²) in [6.45, 7) is 2.55. The third-order valence-electron chi connectivity index (χ3n) is 5.65. The summed E-state index contributed by atoms with van der Waals surface area (Å²) in [5.41, 5.74) is 7.51. The van der Waals surface area contributed by atoms with Crippen LogP contribution in [0.4, 0.5) is 11.5 Å². The van der Waals surface area contributed by atoms with Crippen molar-refractivity contribution in [1.29, 1.82) is 0 Å². The van der Waals surface area contributed by atoms with Crippen molar-refractivity contribution >= 4 is 29.5 Å². The van der Waals surface area contributed by atoms with E-state index in [0.717, 1.165) is 42.0 Å². The average Bonchev–Trinajstić information content (AvgIpc) is 3.19. The van der Waals surface area contributed by atoms with E-state index in [0.29, 0.717) is 11.7 Å². The molecule has 136 valence electrons. The Labute approximate surface area is 153 Å². The fourth-order valence-electron chi connectivity index (χ4n) is 4.20. The van der Waals surface area contributed by atoms with Gasteiger partial charge in [0.1, 0.15) is 12.0 Å². The highest BCUT2D eigenvalue weighted by Gasteiger charge is 2.34. The fraction of sp³-hybridized carbons (Fsp3) is 0.722. The van der Waals surface area contributed by atoms with E-state index in [1.807, 2.05) is 6.21 Å². The number of fused-ring (bicyclic) bond motifs is 1. The van der Waals surface area contributed by atoms with E-state index in [2.05, 4.69) is 31.6 Å². The van der Waals surface area contributed by atoms with E-state index < -0.39 is 0 Å². The molecular formula is C18H27N5OS. The van der Waals surface area contributed by atoms with E-state index in [1.165, 1.54) is 38.4 Å². The van der Waals surface area contributed by atoms with Gasteiger partial charge < -0.3 is 10.8 Å². The van der Waals surface area contributed by atoms with Gasteiger partial charge >= 0.3 is 0 Å². The van der Waals surface area contributed by atoms with Gasteiger partial charge in [-0.3, -0.25) is 9.89 Å². The van der Waals surface area contributed by atoms with Crippen LogP contribution in [0.15, 0.2) is 11.3 Å². The lowest BCUT2D eigenvalue weighted by Gasteiger charge is -2.23. The van der Waals surface area contributed by atoms with Gasteiger partial charge in [-0.05, 0) is 12.8 Å². The van der Waals surface area contributed by atoms with Crippen molar-refractivity contribution in [3.05, 3.63) is 12.0 Å². The predicted octanol–water partition coefficient (Wildman–Crippen LogP) is 2.22. The van der Waals surface area contributed by atoms with Gasteiger partial charge in [-0.25, -0.2) is 9.97 Å². The number of aromatic nitrogens is 2. The van der Waals surface area contributed by atoms with Crippen LogP contribution in [0.1, 0.15) is 43.7 Å². The van der Waals surface area contributed by atoms with Crippen LogP contribution >= 0.6 is 11.8 Å². The molecule has 1 aromatic rings. The normalized spacial score (nSPS) is 30.0. The predicted molar refractivity (Wildman–Crippen MR) is 103 cm³/mol. The second kappa shape index (κ2) is 7.60. The smallest absolute Gasteiger partial charge is 0.153 e. The Morgan fingerprint density at radius 1 is 1.20 bits per heavy atom. The minimum absolute atomic E-state index is 0.150. The molecule has 25 heavy (non-hydrogen) atoms. The minimum atomic E-state index is -0.218. The van der Waals surface area contributed by atoms with Crippen molar-refractivity contribution in [3.8, 4) is 0 Å². The van der Waals surface area contributed by atoms with Crippen molar-refractivity contribution in [1.82, 2.24) is 14.9 Å². The summed E-state index contributed by atoms with van der Waals surface area (Å²) in [5, 5.41) is 11.3. The molecule has 1 saturated carbocycles. The molecule has 1 aromatic heterocycles. The molecule has 0 aromatic carbocycles. The summed E-state index contributed by atoms with van der Waals surface area (Å²) < 4.78 is 0. The Hall–Kier alpha value is -1.18. The van der Waals surface area contributed by atoms with Crippen molar-refractivity contribution in [2.75, 3.05) is 31.1 Å². The number of nitrogen functional groups attached to an aromatic ring is 1. The molecule has 0 amide bonds. The number of β-amino-alcohol motifs (C(OH)–C–C–N with tert-alkyl or cyclic N) is 1. The first-order chi connectivity index (χ1) is 12.2. The largest absolute Gasteiger partial charge is 0.391 e. The van der Waals surface area contributed by atoms with Gasteiger partial charge in [0.05, 0.1) is 17.7 Å². The quantitative estimate of drug-likeness (QED) is 0.836. The first-order valence-corrected chi connectivity index (χ1v) is 10.4. The van der Waals surface area contributed by atoms with Crippen LogP contribution in [0.3, 0.4) is 0 Å². The van der Waals surface area contributed by atoms with Crippen molar-refractivity contribution in [2.45, 2.75) is 49.4 Å². The molecule has 3 heterocycles. The van der Waals surface area contributed by atoms with Crippen LogP contribution in [0.2, 0.25) is 0 Å². The van der Waals surface area contributed by atoms with E-state index >= 15 is 0 Å². The SMILES string of the molecule is Nc1ncnc2c1N=CC2CN1C[C@@H](CSC2CCCCC2)[C@H](O)C1. The van der Waals surface area contributed by atoms with E-state index in [-0.39, 0.29) is 12.0 Å². The van der Waals surface area contributed by atoms with Gasteiger partial charge in [-0.1, -0.05) is 19.3 Å². The van der Waals surface area contributed by atoms with Crippen molar-refractivity contribution in [3.63, 3.8) is 0 Å². The number of rotatable bonds is 5. The molecule has 6 nitrogen and oxygen atoms in total. The number of anilines is 1. The summed E-state index contributed by atoms with van der Waals surface area (Å²) in [6, 6.07) is 0. The van der Waals surface area contributed by atoms with Gasteiger partial charge in [0.25, 0.3) is 0 Å². The summed E-state index contributed by atoms with van der Waals surface area (Å²) in [4.78, 5) is 15.1. The van der Waals surface area contributed by atoms with Gasteiger partial charge in [0.15, 0.2) is 5.82 Å². The molecule has 7 heteroatoms. The van der Waals surface area contributed by atoms with Crippen molar-refractivity contribution in [2.24, 2.45) is 10.9 Å². The molecule has 1 unspecified atom stereocenters. The van der Waals surface area contributed by atoms with Gasteiger partial charge in [-0.15, -0.1) is 0 Å². The number of nitrogens with zero attached hydrogens (tertiary/aromatic N) is 4. The topological polar surface area (TPSA) is 87.6 Å². The summed E-state index contributed by atoms with van der Waals surface area (Å²) in [7, 11) is 0. The molecule has 1 aliphatic carbocycles. The molecule has 3 aliphatic rings. The molecule has 4 rings (SSSR count). The Kier molecular flexibility index (Phi) is 5.24. The van der Waals surface area contributed by atoms with E-state index in [1.54, 1.807) is 0 Å². The number of likely N-dealkylation sites (tertiary alicyclic amines) is 1. The van der Waals surface area contributed by atoms with Crippen LogP contribution in [-0.2, 0) is 0 Å². The second-order valence-electron chi connectivity index (χ2n) is 7.52. The zero-order valence-electron chi connectivity index (χ0n) is 14.5. The maximum Gasteiger partial charge on any atom is 0.153 e. The number of hydrogen-bond donors (Lipinski definition) is 2. The Morgan fingerprint density at radius 2 is 2.04 bits per heavy atom. The summed E-state index contributed by atoms with van der Waals surface area (Å²) in [6.07, 6.45) is 10.1. The summed E-state index contributed by atoms with van der Waals surface area (Å²) in [5.74, 6) is 2.05. The number of nitrogens with two attached hydrogens (primary N) is 1. The van der Waals surface area contributed by atoms with Crippen LogP contribution in [0.25, 0.3) is 0 Å². The lowest BCUT2D eigenvalue weighted by Crippen LogP contribution is -2.27. The third-order valence-corrected chi connectivity index (χ3v) is 7.21. The Balaban J connectivity index is 1.30. The highest BCUT2D eigenvalue weighted by molar-refractivity contribution is 7.99. The number of hydrogen-bond acceptors (Lipinski definition) is 7. The summed E-state index contributed by atoms with van der Waals surface area (Å²) >= 11 is 2.08. The molecule has 2 aliphatic heterocycles. The molecular weight excluding hydrogens is 334 g/mol. The molecule has 0 radical (unpaired) electrons. The molecule has 1 saturated heterocycles. The van der Waals surface area contributed by atoms with Crippen LogP contribution in [0, 0.1) is 5.92 Å². The van der Waals surface area contributed by atoms with E-state index in [9.17, 15) is 5.11 Å². The standard InChI is InChI=1S/C18H27N5OS/c19-18-17-16(21-11-22-18)12(6-20-17)7-23-8-13(15(24)9-23)10-25-14-4-2-1-3-5-14/h6,11-15,24H,1-5,7-10H2,(H2,19,21,22)/t12?,13-,15+/m0/s1. The lowest BCUT2D eigenvalue weighted by atomic mass is 10.0. The fourth-order valence-corrected chi connectivity index (χ4v) is 5.72. The second-order valence-corrected chi connectivity index (χ2v) is 8.85. The van der Waals surface area contributed by atoms with Crippen LogP contribution in [-0.4, -0.2) is 62.9 Å². The number of thioether (sulfide) groups is 1. The van der Waals surface area contributed by atoms with E-state index in [4.69, 9.17) is 5.73 Å². The molecule has 0 spiro atoms. The maximum absolute atomic E-state index is 10.5. The monoisotopic (exact) mass is 361 g/mol.